The molecular formula is C10H17N5O. The van der Waals surface area contributed by atoms with E-state index in [1.165, 1.54) is 0 Å². The van der Waals surface area contributed by atoms with Gasteiger partial charge in [0.25, 0.3) is 0 Å². The van der Waals surface area contributed by atoms with Crippen molar-refractivity contribution in [3.05, 3.63) is 18.5 Å². The molecule has 0 fully saturated rings. The van der Waals surface area contributed by atoms with E-state index in [1.807, 2.05) is 19.0 Å². The van der Waals surface area contributed by atoms with Crippen molar-refractivity contribution in [2.45, 2.75) is 0 Å². The summed E-state index contributed by atoms with van der Waals surface area (Å²) >= 11 is 0. The zero-order valence-electron chi connectivity index (χ0n) is 9.60. The van der Waals surface area contributed by atoms with E-state index in [9.17, 15) is 4.79 Å². The van der Waals surface area contributed by atoms with Gasteiger partial charge in [0.05, 0.1) is 6.54 Å². The summed E-state index contributed by atoms with van der Waals surface area (Å²) in [4.78, 5) is 21.3. The Kier molecular flexibility index (Phi) is 5.38. The molecule has 1 amide bonds. The molecule has 88 valence electrons. The summed E-state index contributed by atoms with van der Waals surface area (Å²) in [5.74, 6) is 0.235. The second kappa shape index (κ2) is 6.86. The van der Waals surface area contributed by atoms with Gasteiger partial charge in [0.1, 0.15) is 0 Å². The van der Waals surface area contributed by atoms with Crippen LogP contribution in [-0.2, 0) is 4.79 Å². The molecule has 0 spiro atoms. The van der Waals surface area contributed by atoms with Crippen molar-refractivity contribution in [2.75, 3.05) is 39.0 Å². The standard InChI is InChI=1S/C10H17N5O/c1-11-6-7-15(2)8-9(16)14-10-12-4-3-5-13-10/h3-5,11H,6-8H2,1-2H3,(H,12,13,14,16). The Morgan fingerprint density at radius 2 is 2.12 bits per heavy atom. The number of rotatable bonds is 6. The van der Waals surface area contributed by atoms with E-state index >= 15 is 0 Å². The molecule has 0 aliphatic rings. The molecule has 1 rings (SSSR count). The molecule has 0 unspecified atom stereocenters. The third kappa shape index (κ3) is 4.81. The molecule has 0 aliphatic heterocycles. The number of amides is 1. The Bertz CT molecular complexity index is 316. The van der Waals surface area contributed by atoms with Crippen LogP contribution in [0.2, 0.25) is 0 Å². The van der Waals surface area contributed by atoms with Gasteiger partial charge in [-0.25, -0.2) is 9.97 Å². The lowest BCUT2D eigenvalue weighted by molar-refractivity contribution is -0.117. The van der Waals surface area contributed by atoms with Crippen molar-refractivity contribution in [3.63, 3.8) is 0 Å². The van der Waals surface area contributed by atoms with Crippen LogP contribution in [0.4, 0.5) is 5.95 Å². The summed E-state index contributed by atoms with van der Waals surface area (Å²) in [6, 6.07) is 1.70. The van der Waals surface area contributed by atoms with E-state index in [4.69, 9.17) is 0 Å². The molecule has 0 aromatic carbocycles. The van der Waals surface area contributed by atoms with Crippen LogP contribution in [0.15, 0.2) is 18.5 Å². The largest absolute Gasteiger partial charge is 0.318 e. The summed E-state index contributed by atoms with van der Waals surface area (Å²) in [5, 5.41) is 5.65. The van der Waals surface area contributed by atoms with Crippen molar-refractivity contribution in [1.82, 2.24) is 20.2 Å². The van der Waals surface area contributed by atoms with Gasteiger partial charge in [0, 0.05) is 25.5 Å². The highest BCUT2D eigenvalue weighted by molar-refractivity contribution is 5.90. The minimum Gasteiger partial charge on any atom is -0.318 e. The van der Waals surface area contributed by atoms with E-state index in [-0.39, 0.29) is 5.91 Å². The van der Waals surface area contributed by atoms with Gasteiger partial charge in [-0.3, -0.25) is 15.0 Å². The van der Waals surface area contributed by atoms with Crippen LogP contribution in [0.5, 0.6) is 0 Å². The second-order valence-electron chi connectivity index (χ2n) is 3.46. The van der Waals surface area contributed by atoms with Crippen molar-refractivity contribution < 1.29 is 4.79 Å². The van der Waals surface area contributed by atoms with E-state index in [0.717, 1.165) is 13.1 Å². The maximum atomic E-state index is 11.5. The number of likely N-dealkylation sites (N-methyl/N-ethyl adjacent to an activating group) is 2. The number of anilines is 1. The van der Waals surface area contributed by atoms with E-state index in [2.05, 4.69) is 20.6 Å². The molecule has 0 radical (unpaired) electrons. The molecular weight excluding hydrogens is 206 g/mol. The molecule has 0 atom stereocenters. The predicted octanol–water partition coefficient (Wildman–Crippen LogP) is -0.434. The van der Waals surface area contributed by atoms with Crippen LogP contribution < -0.4 is 10.6 Å². The highest BCUT2D eigenvalue weighted by Gasteiger charge is 2.07. The Balaban J connectivity index is 2.31. The van der Waals surface area contributed by atoms with Crippen molar-refractivity contribution in [2.24, 2.45) is 0 Å². The molecule has 0 bridgehead atoms. The monoisotopic (exact) mass is 223 g/mol. The van der Waals surface area contributed by atoms with Crippen LogP contribution in [0, 0.1) is 0 Å². The maximum absolute atomic E-state index is 11.5. The van der Waals surface area contributed by atoms with Gasteiger partial charge in [0.2, 0.25) is 11.9 Å². The zero-order valence-corrected chi connectivity index (χ0v) is 9.60. The molecule has 0 aliphatic carbocycles. The first-order valence-electron chi connectivity index (χ1n) is 5.12. The van der Waals surface area contributed by atoms with Crippen LogP contribution in [-0.4, -0.2) is 54.5 Å². The predicted molar refractivity (Wildman–Crippen MR) is 62.1 cm³/mol. The van der Waals surface area contributed by atoms with Gasteiger partial charge in [0.15, 0.2) is 0 Å². The normalized spacial score (nSPS) is 10.4. The third-order valence-corrected chi connectivity index (χ3v) is 1.97. The summed E-state index contributed by atoms with van der Waals surface area (Å²) in [5.41, 5.74) is 0. The van der Waals surface area contributed by atoms with Gasteiger partial charge in [-0.1, -0.05) is 0 Å². The average Bonchev–Trinajstić information content (AvgIpc) is 2.27. The zero-order chi connectivity index (χ0) is 11.8. The van der Waals surface area contributed by atoms with Crippen LogP contribution >= 0.6 is 0 Å². The number of nitrogens with zero attached hydrogens (tertiary/aromatic N) is 3. The highest BCUT2D eigenvalue weighted by Crippen LogP contribution is 1.94. The molecule has 1 heterocycles. The minimum atomic E-state index is -0.107. The Morgan fingerprint density at radius 3 is 2.75 bits per heavy atom. The maximum Gasteiger partial charge on any atom is 0.240 e. The second-order valence-corrected chi connectivity index (χ2v) is 3.46. The fourth-order valence-electron chi connectivity index (χ4n) is 1.15. The molecule has 1 aromatic heterocycles. The van der Waals surface area contributed by atoms with Crippen molar-refractivity contribution >= 4 is 11.9 Å². The third-order valence-electron chi connectivity index (χ3n) is 1.97. The van der Waals surface area contributed by atoms with Crippen LogP contribution in [0.25, 0.3) is 0 Å². The van der Waals surface area contributed by atoms with E-state index < -0.39 is 0 Å². The topological polar surface area (TPSA) is 70.2 Å². The highest BCUT2D eigenvalue weighted by atomic mass is 16.2. The van der Waals surface area contributed by atoms with Gasteiger partial charge < -0.3 is 5.32 Å². The molecule has 0 saturated heterocycles. The number of nitrogens with one attached hydrogen (secondary N) is 2. The summed E-state index contributed by atoms with van der Waals surface area (Å²) < 4.78 is 0. The van der Waals surface area contributed by atoms with Crippen molar-refractivity contribution in [1.29, 1.82) is 0 Å². The molecule has 0 saturated carbocycles. The summed E-state index contributed by atoms with van der Waals surface area (Å²) in [7, 11) is 3.77. The van der Waals surface area contributed by atoms with Gasteiger partial charge in [-0.15, -0.1) is 0 Å². The lowest BCUT2D eigenvalue weighted by Crippen LogP contribution is -2.34. The fourth-order valence-corrected chi connectivity index (χ4v) is 1.15. The first kappa shape index (κ1) is 12.5. The molecule has 2 N–H and O–H groups in total. The van der Waals surface area contributed by atoms with Crippen LogP contribution in [0.3, 0.4) is 0 Å². The van der Waals surface area contributed by atoms with Crippen molar-refractivity contribution in [3.8, 4) is 0 Å². The molecule has 16 heavy (non-hydrogen) atoms. The molecule has 6 nitrogen and oxygen atoms in total. The number of aromatic nitrogens is 2. The number of carbonyl (C=O) groups excluding carboxylic acids is 1. The van der Waals surface area contributed by atoms with Gasteiger partial charge in [-0.05, 0) is 20.2 Å². The van der Waals surface area contributed by atoms with Gasteiger partial charge in [-0.2, -0.15) is 0 Å². The van der Waals surface area contributed by atoms with Crippen LogP contribution in [0.1, 0.15) is 0 Å². The summed E-state index contributed by atoms with van der Waals surface area (Å²) in [6.45, 7) is 2.01. The number of hydrogen-bond acceptors (Lipinski definition) is 5. The number of hydrogen-bond donors (Lipinski definition) is 2. The minimum absolute atomic E-state index is 0.107. The SMILES string of the molecule is CNCCN(C)CC(=O)Nc1ncccn1. The Morgan fingerprint density at radius 1 is 1.44 bits per heavy atom. The smallest absolute Gasteiger partial charge is 0.240 e. The lowest BCUT2D eigenvalue weighted by Gasteiger charge is -2.15. The first-order valence-corrected chi connectivity index (χ1v) is 5.12. The van der Waals surface area contributed by atoms with E-state index in [1.54, 1.807) is 18.5 Å². The van der Waals surface area contributed by atoms with Gasteiger partial charge >= 0.3 is 0 Å². The quantitative estimate of drug-likeness (QED) is 0.684. The Labute approximate surface area is 95.1 Å². The average molecular weight is 223 g/mol. The lowest BCUT2D eigenvalue weighted by atomic mass is 10.5. The Hall–Kier alpha value is -1.53. The van der Waals surface area contributed by atoms with E-state index in [0.29, 0.717) is 12.5 Å². The molecule has 6 heteroatoms. The molecule has 1 aromatic rings. The summed E-state index contributed by atoms with van der Waals surface area (Å²) in [6.07, 6.45) is 3.18. The fraction of sp³-hybridized carbons (Fsp3) is 0.500. The first-order chi connectivity index (χ1) is 7.72. The number of carbonyl (C=O) groups is 1.